The van der Waals surface area contributed by atoms with Crippen molar-refractivity contribution in [3.8, 4) is 0 Å². The summed E-state index contributed by atoms with van der Waals surface area (Å²) in [6.45, 7) is 0.849. The summed E-state index contributed by atoms with van der Waals surface area (Å²) in [6.07, 6.45) is -2.45. The molecule has 0 bridgehead atoms. The van der Waals surface area contributed by atoms with Crippen LogP contribution < -0.4 is 5.73 Å². The largest absolute Gasteiger partial charge is 0.416 e. The predicted octanol–water partition coefficient (Wildman–Crippen LogP) is 2.39. The summed E-state index contributed by atoms with van der Waals surface area (Å²) in [5.74, 6) is -0.0558. The molecule has 1 aliphatic heterocycles. The molecule has 1 heterocycles. The first-order chi connectivity index (χ1) is 8.38. The van der Waals surface area contributed by atoms with Gasteiger partial charge in [0.25, 0.3) is 0 Å². The highest BCUT2D eigenvalue weighted by Crippen LogP contribution is 2.32. The monoisotopic (exact) mass is 257 g/mol. The zero-order chi connectivity index (χ0) is 13.3. The molecule has 0 aliphatic carbocycles. The van der Waals surface area contributed by atoms with Gasteiger partial charge in [0.15, 0.2) is 0 Å². The second-order valence-corrected chi connectivity index (χ2v) is 4.21. The summed E-state index contributed by atoms with van der Waals surface area (Å²) in [5.41, 5.74) is 5.22. The van der Waals surface area contributed by atoms with Gasteiger partial charge >= 0.3 is 12.2 Å². The number of hydrogen-bond acceptors (Lipinski definition) is 1. The van der Waals surface area contributed by atoms with Crippen molar-refractivity contribution in [3.63, 3.8) is 0 Å². The highest BCUT2D eigenvalue weighted by molar-refractivity contribution is 5.72. The number of rotatable bonds is 1. The van der Waals surface area contributed by atoms with E-state index in [-0.39, 0.29) is 5.92 Å². The quantitative estimate of drug-likeness (QED) is 0.825. The van der Waals surface area contributed by atoms with Crippen molar-refractivity contribution in [2.45, 2.75) is 12.1 Å². The summed E-state index contributed by atoms with van der Waals surface area (Å²) in [5, 5.41) is 0. The molecule has 2 N–H and O–H groups in total. The molecule has 6 heteroatoms. The molecule has 18 heavy (non-hydrogen) atoms. The lowest BCUT2D eigenvalue weighted by Crippen LogP contribution is -2.33. The number of alkyl halides is 3. The number of primary amides is 1. The molecule has 2 rings (SSSR count). The Kier molecular flexibility index (Phi) is 3.19. The predicted molar refractivity (Wildman–Crippen MR) is 59.6 cm³/mol. The van der Waals surface area contributed by atoms with E-state index < -0.39 is 17.8 Å². The van der Waals surface area contributed by atoms with Crippen LogP contribution in [-0.4, -0.2) is 24.0 Å². The van der Waals surface area contributed by atoms with Crippen LogP contribution in [0.5, 0.6) is 0 Å². The Hall–Kier alpha value is -1.72. The van der Waals surface area contributed by atoms with Gasteiger partial charge in [0.2, 0.25) is 0 Å². The third-order valence-electron chi connectivity index (χ3n) is 3.01. The lowest BCUT2D eigenvalue weighted by molar-refractivity contribution is -0.137. The van der Waals surface area contributed by atoms with Gasteiger partial charge in [-0.1, -0.05) is 12.1 Å². The molecule has 1 aromatic carbocycles. The van der Waals surface area contributed by atoms with Gasteiger partial charge in [0.1, 0.15) is 0 Å². The molecule has 0 aromatic heterocycles. The van der Waals surface area contributed by atoms with E-state index in [1.807, 2.05) is 6.42 Å². The fraction of sp³-hybridized carbons (Fsp3) is 0.333. The van der Waals surface area contributed by atoms with Gasteiger partial charge in [0.05, 0.1) is 5.56 Å². The zero-order valence-corrected chi connectivity index (χ0v) is 9.45. The van der Waals surface area contributed by atoms with E-state index in [9.17, 15) is 18.0 Å². The van der Waals surface area contributed by atoms with Crippen LogP contribution in [0.2, 0.25) is 0 Å². The number of nitrogens with zero attached hydrogens (tertiary/aromatic N) is 1. The summed E-state index contributed by atoms with van der Waals surface area (Å²) in [6, 6.07) is 4.47. The lowest BCUT2D eigenvalue weighted by atomic mass is 9.97. The van der Waals surface area contributed by atoms with Gasteiger partial charge < -0.3 is 10.6 Å². The summed E-state index contributed by atoms with van der Waals surface area (Å²) in [4.78, 5) is 12.4. The Morgan fingerprint density at radius 1 is 1.28 bits per heavy atom. The van der Waals surface area contributed by atoms with Crippen molar-refractivity contribution in [2.24, 2.45) is 5.73 Å². The third-order valence-corrected chi connectivity index (χ3v) is 3.01. The molecule has 1 atom stereocenters. The number of benzene rings is 1. The van der Waals surface area contributed by atoms with E-state index in [0.29, 0.717) is 13.1 Å². The normalized spacial score (nSPS) is 20.2. The molecule has 1 fully saturated rings. The highest BCUT2D eigenvalue weighted by Gasteiger charge is 2.31. The average Bonchev–Trinajstić information content (AvgIpc) is 2.77. The highest BCUT2D eigenvalue weighted by atomic mass is 19.4. The van der Waals surface area contributed by atoms with Gasteiger partial charge in [-0.05, 0) is 24.1 Å². The zero-order valence-electron chi connectivity index (χ0n) is 9.45. The van der Waals surface area contributed by atoms with E-state index >= 15 is 0 Å². The van der Waals surface area contributed by atoms with Crippen LogP contribution in [0, 0.1) is 6.42 Å². The standard InChI is InChI=1S/C12H12F3N2O/c13-12(14,15)10-3-1-8(2-4-10)9-5-6-17(7-9)11(16)18/h1-5,9H,6-7H2,(H2,16,18). The van der Waals surface area contributed by atoms with Gasteiger partial charge in [-0.15, -0.1) is 0 Å². The van der Waals surface area contributed by atoms with Crippen molar-refractivity contribution < 1.29 is 18.0 Å². The van der Waals surface area contributed by atoms with Crippen molar-refractivity contribution >= 4 is 6.03 Å². The van der Waals surface area contributed by atoms with Crippen LogP contribution in [0.1, 0.15) is 17.0 Å². The molecule has 1 unspecified atom stereocenters. The van der Waals surface area contributed by atoms with Crippen molar-refractivity contribution in [3.05, 3.63) is 41.8 Å². The first-order valence-corrected chi connectivity index (χ1v) is 5.43. The fourth-order valence-electron chi connectivity index (χ4n) is 1.98. The molecular formula is C12H12F3N2O. The minimum absolute atomic E-state index is 0.0558. The minimum Gasteiger partial charge on any atom is -0.351 e. The Balaban J connectivity index is 2.10. The van der Waals surface area contributed by atoms with Crippen LogP contribution in [0.3, 0.4) is 0 Å². The maximum absolute atomic E-state index is 12.4. The Bertz CT molecular complexity index is 442. The molecule has 97 valence electrons. The van der Waals surface area contributed by atoms with E-state index in [2.05, 4.69) is 0 Å². The molecule has 1 radical (unpaired) electrons. The maximum atomic E-state index is 12.4. The van der Waals surface area contributed by atoms with E-state index in [1.54, 1.807) is 0 Å². The van der Waals surface area contributed by atoms with Crippen molar-refractivity contribution in [1.82, 2.24) is 4.90 Å². The third kappa shape index (κ3) is 2.57. The Morgan fingerprint density at radius 2 is 1.89 bits per heavy atom. The maximum Gasteiger partial charge on any atom is 0.416 e. The van der Waals surface area contributed by atoms with Gasteiger partial charge in [-0.3, -0.25) is 0 Å². The van der Waals surface area contributed by atoms with E-state index in [4.69, 9.17) is 5.73 Å². The number of likely N-dealkylation sites (tertiary alicyclic amines) is 1. The van der Waals surface area contributed by atoms with Crippen LogP contribution in [-0.2, 0) is 6.18 Å². The van der Waals surface area contributed by atoms with Crippen LogP contribution in [0.4, 0.5) is 18.0 Å². The number of halogens is 3. The summed E-state index contributed by atoms with van der Waals surface area (Å²) < 4.78 is 37.2. The second-order valence-electron chi connectivity index (χ2n) is 4.21. The number of carbonyl (C=O) groups excluding carboxylic acids is 1. The molecule has 0 saturated carbocycles. The fourth-order valence-corrected chi connectivity index (χ4v) is 1.98. The van der Waals surface area contributed by atoms with Gasteiger partial charge in [-0.2, -0.15) is 13.2 Å². The molecule has 1 aliphatic rings. The molecule has 3 nitrogen and oxygen atoms in total. The number of nitrogens with two attached hydrogens (primary N) is 1. The van der Waals surface area contributed by atoms with Gasteiger partial charge in [0, 0.05) is 19.0 Å². The number of hydrogen-bond donors (Lipinski definition) is 1. The van der Waals surface area contributed by atoms with Crippen molar-refractivity contribution in [2.75, 3.05) is 13.1 Å². The minimum atomic E-state index is -4.32. The first-order valence-electron chi connectivity index (χ1n) is 5.43. The SMILES string of the molecule is NC(=O)N1C[CH]C(c2ccc(C(F)(F)F)cc2)C1. The second kappa shape index (κ2) is 4.51. The first kappa shape index (κ1) is 12.7. The summed E-state index contributed by atoms with van der Waals surface area (Å²) >= 11 is 0. The van der Waals surface area contributed by atoms with Crippen LogP contribution in [0.25, 0.3) is 0 Å². The molecule has 1 aromatic rings. The molecular weight excluding hydrogens is 245 g/mol. The van der Waals surface area contributed by atoms with Crippen molar-refractivity contribution in [1.29, 1.82) is 0 Å². The number of amides is 2. The molecule has 2 amide bonds. The van der Waals surface area contributed by atoms with Crippen LogP contribution >= 0.6 is 0 Å². The topological polar surface area (TPSA) is 46.3 Å². The van der Waals surface area contributed by atoms with Gasteiger partial charge in [-0.25, -0.2) is 4.79 Å². The van der Waals surface area contributed by atoms with E-state index in [0.717, 1.165) is 17.7 Å². The summed E-state index contributed by atoms with van der Waals surface area (Å²) in [7, 11) is 0. The lowest BCUT2D eigenvalue weighted by Gasteiger charge is -2.14. The molecule has 0 spiro atoms. The number of urea groups is 1. The average molecular weight is 257 g/mol. The Morgan fingerprint density at radius 3 is 2.33 bits per heavy atom. The number of carbonyl (C=O) groups is 1. The van der Waals surface area contributed by atoms with Crippen LogP contribution in [0.15, 0.2) is 24.3 Å². The smallest absolute Gasteiger partial charge is 0.351 e. The molecule has 1 saturated heterocycles. The van der Waals surface area contributed by atoms with E-state index in [1.165, 1.54) is 17.0 Å². The Labute approximate surface area is 102 Å².